The highest BCUT2D eigenvalue weighted by atomic mass is 32.2. The maximum Gasteiger partial charge on any atom is 0.251 e. The van der Waals surface area contributed by atoms with E-state index in [1.807, 2.05) is 31.2 Å². The molecule has 0 bridgehead atoms. The van der Waals surface area contributed by atoms with Crippen LogP contribution in [0.4, 0.5) is 0 Å². The summed E-state index contributed by atoms with van der Waals surface area (Å²) in [5, 5.41) is 2.90. The monoisotopic (exact) mass is 282 g/mol. The third kappa shape index (κ3) is 5.98. The van der Waals surface area contributed by atoms with Crippen LogP contribution in [0, 0.1) is 0 Å². The van der Waals surface area contributed by atoms with E-state index in [1.54, 1.807) is 6.26 Å². The van der Waals surface area contributed by atoms with Gasteiger partial charge in [-0.15, -0.1) is 0 Å². The van der Waals surface area contributed by atoms with Crippen molar-refractivity contribution in [1.82, 2.24) is 5.32 Å². The van der Waals surface area contributed by atoms with Gasteiger partial charge in [-0.3, -0.25) is 9.00 Å². The molecule has 19 heavy (non-hydrogen) atoms. The van der Waals surface area contributed by atoms with Gasteiger partial charge in [0.1, 0.15) is 0 Å². The van der Waals surface area contributed by atoms with Gasteiger partial charge in [0.15, 0.2) is 0 Å². The van der Waals surface area contributed by atoms with Crippen molar-refractivity contribution in [3.63, 3.8) is 0 Å². The van der Waals surface area contributed by atoms with E-state index in [2.05, 4.69) is 5.32 Å². The van der Waals surface area contributed by atoms with Crippen molar-refractivity contribution in [1.29, 1.82) is 0 Å². The van der Waals surface area contributed by atoms with Crippen LogP contribution in [0.3, 0.4) is 0 Å². The Labute approximate surface area is 117 Å². The van der Waals surface area contributed by atoms with Crippen molar-refractivity contribution < 1.29 is 9.00 Å². The number of benzene rings is 1. The second-order valence-corrected chi connectivity index (χ2v) is 6.23. The van der Waals surface area contributed by atoms with Gasteiger partial charge in [-0.2, -0.15) is 0 Å². The number of nitrogens with one attached hydrogen (secondary N) is 1. The van der Waals surface area contributed by atoms with Crippen LogP contribution in [-0.2, 0) is 17.2 Å². The minimum Gasteiger partial charge on any atom is -0.350 e. The van der Waals surface area contributed by atoms with Gasteiger partial charge in [-0.05, 0) is 44.0 Å². The topological polar surface area (TPSA) is 72.2 Å². The normalized spacial score (nSPS) is 13.8. The number of amides is 1. The molecule has 0 saturated carbocycles. The molecule has 0 radical (unpaired) electrons. The van der Waals surface area contributed by atoms with Crippen molar-refractivity contribution in [2.24, 2.45) is 5.73 Å². The van der Waals surface area contributed by atoms with E-state index >= 15 is 0 Å². The van der Waals surface area contributed by atoms with Crippen LogP contribution < -0.4 is 11.1 Å². The Morgan fingerprint density at radius 1 is 1.37 bits per heavy atom. The van der Waals surface area contributed by atoms with E-state index in [-0.39, 0.29) is 11.9 Å². The van der Waals surface area contributed by atoms with Gasteiger partial charge >= 0.3 is 0 Å². The lowest BCUT2D eigenvalue weighted by Crippen LogP contribution is -2.33. The SMILES string of the molecule is CC(CCS(C)=O)NC(=O)c1ccc(CCN)cc1. The fraction of sp³-hybridized carbons (Fsp3) is 0.500. The maximum absolute atomic E-state index is 12.0. The summed E-state index contributed by atoms with van der Waals surface area (Å²) in [7, 11) is -0.814. The number of carbonyl (C=O) groups is 1. The van der Waals surface area contributed by atoms with E-state index in [0.717, 1.165) is 18.4 Å². The van der Waals surface area contributed by atoms with Crippen molar-refractivity contribution in [2.75, 3.05) is 18.6 Å². The molecule has 0 aliphatic rings. The first-order chi connectivity index (χ1) is 9.02. The van der Waals surface area contributed by atoms with E-state index in [1.165, 1.54) is 0 Å². The Kier molecular flexibility index (Phi) is 6.73. The zero-order valence-electron chi connectivity index (χ0n) is 11.5. The third-order valence-electron chi connectivity index (χ3n) is 2.86. The lowest BCUT2D eigenvalue weighted by molar-refractivity contribution is 0.0939. The second-order valence-electron chi connectivity index (χ2n) is 4.68. The Morgan fingerprint density at radius 3 is 2.53 bits per heavy atom. The van der Waals surface area contributed by atoms with E-state index < -0.39 is 10.8 Å². The molecule has 0 aliphatic heterocycles. The predicted molar refractivity (Wildman–Crippen MR) is 79.7 cm³/mol. The average Bonchev–Trinajstić information content (AvgIpc) is 2.37. The molecule has 0 aromatic heterocycles. The van der Waals surface area contributed by atoms with Crippen LogP contribution in [0.15, 0.2) is 24.3 Å². The summed E-state index contributed by atoms with van der Waals surface area (Å²) in [5.74, 6) is 0.519. The molecule has 0 heterocycles. The molecule has 0 saturated heterocycles. The first-order valence-corrected chi connectivity index (χ1v) is 8.15. The Bertz CT molecular complexity index is 432. The van der Waals surface area contributed by atoms with Crippen molar-refractivity contribution >= 4 is 16.7 Å². The fourth-order valence-corrected chi connectivity index (χ4v) is 2.40. The second kappa shape index (κ2) is 8.07. The number of nitrogens with two attached hydrogens (primary N) is 1. The molecule has 1 rings (SSSR count). The molecule has 1 amide bonds. The molecule has 1 aromatic carbocycles. The molecular formula is C14H22N2O2S. The number of carbonyl (C=O) groups excluding carboxylic acids is 1. The first kappa shape index (κ1) is 15.9. The summed E-state index contributed by atoms with van der Waals surface area (Å²) in [6, 6.07) is 7.50. The van der Waals surface area contributed by atoms with Gasteiger partial charge in [0.25, 0.3) is 5.91 Å². The van der Waals surface area contributed by atoms with Crippen molar-refractivity contribution in [3.05, 3.63) is 35.4 Å². The summed E-state index contributed by atoms with van der Waals surface area (Å²) >= 11 is 0. The largest absolute Gasteiger partial charge is 0.350 e. The Hall–Kier alpha value is -1.20. The Balaban J connectivity index is 2.50. The van der Waals surface area contributed by atoms with Gasteiger partial charge in [-0.1, -0.05) is 12.1 Å². The standard InChI is InChI=1S/C14H22N2O2S/c1-11(8-10-19(2)18)16-14(17)13-5-3-12(4-6-13)7-9-15/h3-6,11H,7-10,15H2,1-2H3,(H,16,17). The quantitative estimate of drug-likeness (QED) is 0.786. The molecule has 106 valence electrons. The van der Waals surface area contributed by atoms with Crippen LogP contribution in [-0.4, -0.2) is 34.7 Å². The zero-order chi connectivity index (χ0) is 14.3. The molecule has 2 atom stereocenters. The summed E-state index contributed by atoms with van der Waals surface area (Å²) in [6.45, 7) is 2.53. The van der Waals surface area contributed by atoms with Crippen LogP contribution in [0.1, 0.15) is 29.3 Å². The molecule has 1 aromatic rings. The summed E-state index contributed by atoms with van der Waals surface area (Å²) in [4.78, 5) is 12.0. The van der Waals surface area contributed by atoms with E-state index in [9.17, 15) is 9.00 Å². The minimum atomic E-state index is -0.814. The number of rotatable bonds is 7. The molecule has 0 fully saturated rings. The van der Waals surface area contributed by atoms with Crippen molar-refractivity contribution in [2.45, 2.75) is 25.8 Å². The third-order valence-corrected chi connectivity index (χ3v) is 3.68. The highest BCUT2D eigenvalue weighted by molar-refractivity contribution is 7.84. The summed E-state index contributed by atoms with van der Waals surface area (Å²) in [6.07, 6.45) is 3.21. The average molecular weight is 282 g/mol. The van der Waals surface area contributed by atoms with Crippen molar-refractivity contribution in [3.8, 4) is 0 Å². The molecule has 5 heteroatoms. The van der Waals surface area contributed by atoms with Crippen LogP contribution in [0.2, 0.25) is 0 Å². The summed E-state index contributed by atoms with van der Waals surface area (Å²) < 4.78 is 11.0. The summed E-state index contributed by atoms with van der Waals surface area (Å²) in [5.41, 5.74) is 7.25. The lowest BCUT2D eigenvalue weighted by Gasteiger charge is -2.13. The minimum absolute atomic E-state index is 0.0279. The molecule has 0 spiro atoms. The highest BCUT2D eigenvalue weighted by Crippen LogP contribution is 2.05. The molecular weight excluding hydrogens is 260 g/mol. The fourth-order valence-electron chi connectivity index (χ4n) is 1.71. The first-order valence-electron chi connectivity index (χ1n) is 6.43. The van der Waals surface area contributed by atoms with Crippen LogP contribution >= 0.6 is 0 Å². The lowest BCUT2D eigenvalue weighted by atomic mass is 10.1. The number of hydrogen-bond donors (Lipinski definition) is 2. The highest BCUT2D eigenvalue weighted by Gasteiger charge is 2.10. The smallest absolute Gasteiger partial charge is 0.251 e. The predicted octanol–water partition coefficient (Wildman–Crippen LogP) is 1.07. The van der Waals surface area contributed by atoms with E-state index in [4.69, 9.17) is 5.73 Å². The van der Waals surface area contributed by atoms with Gasteiger partial charge in [0.2, 0.25) is 0 Å². The number of hydrogen-bond acceptors (Lipinski definition) is 3. The maximum atomic E-state index is 12.0. The zero-order valence-corrected chi connectivity index (χ0v) is 12.3. The van der Waals surface area contributed by atoms with Gasteiger partial charge in [0, 0.05) is 34.4 Å². The van der Waals surface area contributed by atoms with E-state index in [0.29, 0.717) is 17.9 Å². The molecule has 4 nitrogen and oxygen atoms in total. The van der Waals surface area contributed by atoms with Gasteiger partial charge < -0.3 is 11.1 Å². The Morgan fingerprint density at radius 2 is 2.00 bits per heavy atom. The molecule has 3 N–H and O–H groups in total. The van der Waals surface area contributed by atoms with Gasteiger partial charge in [0.05, 0.1) is 0 Å². The van der Waals surface area contributed by atoms with Gasteiger partial charge in [-0.25, -0.2) is 0 Å². The molecule has 2 unspecified atom stereocenters. The van der Waals surface area contributed by atoms with Crippen LogP contribution in [0.25, 0.3) is 0 Å². The van der Waals surface area contributed by atoms with Crippen LogP contribution in [0.5, 0.6) is 0 Å². The molecule has 0 aliphatic carbocycles.